The number of anilines is 1. The third-order valence-electron chi connectivity index (χ3n) is 4.37. The van der Waals surface area contributed by atoms with Crippen LogP contribution in [0.25, 0.3) is 0 Å². The van der Waals surface area contributed by atoms with Crippen LogP contribution in [0, 0.1) is 17.2 Å². The summed E-state index contributed by atoms with van der Waals surface area (Å²) >= 11 is 9.50. The number of rotatable bonds is 9. The molecule has 2 aromatic carbocycles. The molecule has 0 bridgehead atoms. The van der Waals surface area contributed by atoms with Gasteiger partial charge >= 0.3 is 0 Å². The molecule has 8 heteroatoms. The van der Waals surface area contributed by atoms with Gasteiger partial charge in [-0.25, -0.2) is 0 Å². The number of hydrogen-bond donors (Lipinski definition) is 0. The first-order valence-electron chi connectivity index (χ1n) is 9.34. The highest BCUT2D eigenvalue weighted by atomic mass is 79.9. The Hall–Kier alpha value is -2.17. The molecule has 5 nitrogen and oxygen atoms in total. The summed E-state index contributed by atoms with van der Waals surface area (Å²) < 4.78 is 0.594. The van der Waals surface area contributed by atoms with Crippen molar-refractivity contribution in [2.75, 3.05) is 31.6 Å². The van der Waals surface area contributed by atoms with Gasteiger partial charge in [-0.2, -0.15) is 5.26 Å². The number of halogens is 3. The minimum absolute atomic E-state index is 0. The molecule has 0 saturated heterocycles. The molecule has 164 valence electrons. The molecule has 1 unspecified atom stereocenters. The third kappa shape index (κ3) is 7.79. The highest BCUT2D eigenvalue weighted by Gasteiger charge is 2.24. The first kappa shape index (κ1) is 26.9. The maximum Gasteiger partial charge on any atom is 0.241 e. The van der Waals surface area contributed by atoms with Gasteiger partial charge in [0.25, 0.3) is 0 Å². The van der Waals surface area contributed by atoms with Gasteiger partial charge in [0.15, 0.2) is 5.78 Å². The second-order valence-corrected chi connectivity index (χ2v) is 8.64. The molecule has 0 aliphatic carbocycles. The van der Waals surface area contributed by atoms with Gasteiger partial charge in [-0.05, 0) is 32.2 Å². The van der Waals surface area contributed by atoms with Crippen molar-refractivity contribution in [3.63, 3.8) is 0 Å². The summed E-state index contributed by atoms with van der Waals surface area (Å²) in [7, 11) is 1.78. The number of ketones is 1. The normalized spacial score (nSPS) is 11.2. The zero-order valence-electron chi connectivity index (χ0n) is 17.3. The van der Waals surface area contributed by atoms with Gasteiger partial charge in [0.1, 0.15) is 0 Å². The van der Waals surface area contributed by atoms with Crippen LogP contribution in [-0.4, -0.2) is 43.3 Å². The lowest BCUT2D eigenvalue weighted by atomic mass is 10.0. The number of amides is 1. The van der Waals surface area contributed by atoms with E-state index >= 15 is 0 Å². The number of benzene rings is 2. The zero-order valence-corrected chi connectivity index (χ0v) is 20.5. The summed E-state index contributed by atoms with van der Waals surface area (Å²) in [5, 5.41) is 9.42. The molecule has 1 atom stereocenters. The lowest BCUT2D eigenvalue weighted by Gasteiger charge is -2.27. The Morgan fingerprint density at radius 1 is 1.19 bits per heavy atom. The van der Waals surface area contributed by atoms with Crippen LogP contribution in [-0.2, 0) is 4.79 Å². The second kappa shape index (κ2) is 12.6. The largest absolute Gasteiger partial charge is 0.306 e. The lowest BCUT2D eigenvalue weighted by Crippen LogP contribution is -2.41. The molecule has 2 rings (SSSR count). The van der Waals surface area contributed by atoms with E-state index in [2.05, 4.69) is 28.6 Å². The predicted molar refractivity (Wildman–Crippen MR) is 131 cm³/mol. The van der Waals surface area contributed by atoms with Gasteiger partial charge in [-0.3, -0.25) is 14.5 Å². The highest BCUT2D eigenvalue weighted by molar-refractivity contribution is 9.11. The molecule has 0 fully saturated rings. The standard InChI is InChI=1S/C23H23BrClN3O2.ClH/c1-16(12-26)13-27(3)15-22(29)28(14-17(2)24)21-10-9-19(25)11-20(21)23(30)18-7-5-4-6-8-18;/h4-11,16H,2,13-15H2,1,3H3;1H. The molecule has 0 aliphatic rings. The molecule has 0 saturated carbocycles. The van der Waals surface area contributed by atoms with E-state index in [1.54, 1.807) is 61.3 Å². The van der Waals surface area contributed by atoms with Crippen molar-refractivity contribution >= 4 is 57.3 Å². The number of likely N-dealkylation sites (N-methyl/N-ethyl adjacent to an activating group) is 1. The van der Waals surface area contributed by atoms with Crippen LogP contribution < -0.4 is 4.90 Å². The fraction of sp³-hybridized carbons (Fsp3) is 0.261. The molecule has 1 amide bonds. The van der Waals surface area contributed by atoms with E-state index in [-0.39, 0.29) is 43.1 Å². The Morgan fingerprint density at radius 3 is 2.42 bits per heavy atom. The van der Waals surface area contributed by atoms with Crippen LogP contribution in [0.1, 0.15) is 22.8 Å². The van der Waals surface area contributed by atoms with Crippen LogP contribution >= 0.6 is 39.9 Å². The van der Waals surface area contributed by atoms with Crippen LogP contribution in [0.5, 0.6) is 0 Å². The van der Waals surface area contributed by atoms with Gasteiger partial charge in [0.05, 0.1) is 30.8 Å². The van der Waals surface area contributed by atoms with E-state index in [0.29, 0.717) is 32.9 Å². The first-order chi connectivity index (χ1) is 14.2. The minimum Gasteiger partial charge on any atom is -0.306 e. The minimum atomic E-state index is -0.224. The summed E-state index contributed by atoms with van der Waals surface area (Å²) in [4.78, 5) is 29.6. The smallest absolute Gasteiger partial charge is 0.241 e. The zero-order chi connectivity index (χ0) is 22.3. The second-order valence-electron chi connectivity index (χ2n) is 7.08. The molecular weight excluding hydrogens is 501 g/mol. The van der Waals surface area contributed by atoms with Crippen LogP contribution in [0.4, 0.5) is 5.69 Å². The summed E-state index contributed by atoms with van der Waals surface area (Å²) in [5.74, 6) is -0.640. The summed E-state index contributed by atoms with van der Waals surface area (Å²) in [6, 6.07) is 15.9. The Bertz CT molecular complexity index is 977. The summed E-state index contributed by atoms with van der Waals surface area (Å²) in [6.07, 6.45) is 0. The van der Waals surface area contributed by atoms with E-state index in [0.717, 1.165) is 0 Å². The van der Waals surface area contributed by atoms with E-state index in [1.807, 2.05) is 6.07 Å². The Labute approximate surface area is 202 Å². The van der Waals surface area contributed by atoms with E-state index in [4.69, 9.17) is 16.9 Å². The molecule has 0 radical (unpaired) electrons. The quantitative estimate of drug-likeness (QED) is 0.416. The molecule has 0 heterocycles. The van der Waals surface area contributed by atoms with E-state index in [1.165, 1.54) is 4.90 Å². The van der Waals surface area contributed by atoms with Crippen molar-refractivity contribution in [2.45, 2.75) is 6.92 Å². The monoisotopic (exact) mass is 523 g/mol. The predicted octanol–water partition coefficient (Wildman–Crippen LogP) is 5.33. The Kier molecular flexibility index (Phi) is 10.9. The molecule has 0 spiro atoms. The van der Waals surface area contributed by atoms with Crippen molar-refractivity contribution in [3.05, 3.63) is 75.7 Å². The number of carbonyl (C=O) groups is 2. The molecule has 2 aromatic rings. The number of carbonyl (C=O) groups excluding carboxylic acids is 2. The fourth-order valence-corrected chi connectivity index (χ4v) is 3.46. The lowest BCUT2D eigenvalue weighted by molar-refractivity contribution is -0.119. The average molecular weight is 525 g/mol. The van der Waals surface area contributed by atoms with Crippen molar-refractivity contribution in [1.29, 1.82) is 5.26 Å². The van der Waals surface area contributed by atoms with Gasteiger partial charge < -0.3 is 4.90 Å². The average Bonchev–Trinajstić information content (AvgIpc) is 2.71. The topological polar surface area (TPSA) is 64.4 Å². The summed E-state index contributed by atoms with van der Waals surface area (Å²) in [6.45, 7) is 6.39. The van der Waals surface area contributed by atoms with Gasteiger partial charge in [0, 0.05) is 27.2 Å². The molecule has 0 aliphatic heterocycles. The number of hydrogen-bond acceptors (Lipinski definition) is 4. The number of nitrogens with zero attached hydrogens (tertiary/aromatic N) is 3. The van der Waals surface area contributed by atoms with Gasteiger partial charge in [-0.15, -0.1) is 12.4 Å². The van der Waals surface area contributed by atoms with Gasteiger partial charge in [0.2, 0.25) is 5.91 Å². The molecule has 0 N–H and O–H groups in total. The van der Waals surface area contributed by atoms with E-state index < -0.39 is 0 Å². The van der Waals surface area contributed by atoms with Crippen LogP contribution in [0.15, 0.2) is 59.6 Å². The van der Waals surface area contributed by atoms with Crippen molar-refractivity contribution in [3.8, 4) is 6.07 Å². The van der Waals surface area contributed by atoms with Crippen LogP contribution in [0.2, 0.25) is 5.02 Å². The summed E-state index contributed by atoms with van der Waals surface area (Å²) in [5.41, 5.74) is 1.30. The number of nitriles is 1. The van der Waals surface area contributed by atoms with E-state index in [9.17, 15) is 9.59 Å². The van der Waals surface area contributed by atoms with Crippen LogP contribution in [0.3, 0.4) is 0 Å². The molecule has 0 aromatic heterocycles. The van der Waals surface area contributed by atoms with Crippen molar-refractivity contribution in [2.24, 2.45) is 5.92 Å². The maximum atomic E-state index is 13.2. The highest BCUT2D eigenvalue weighted by Crippen LogP contribution is 2.28. The van der Waals surface area contributed by atoms with Crippen molar-refractivity contribution < 1.29 is 9.59 Å². The Balaban J connectivity index is 0.00000480. The first-order valence-corrected chi connectivity index (χ1v) is 10.5. The third-order valence-corrected chi connectivity index (χ3v) is 4.86. The fourth-order valence-electron chi connectivity index (χ4n) is 3.04. The Morgan fingerprint density at radius 2 is 1.84 bits per heavy atom. The molecular formula is C23H24BrCl2N3O2. The molecule has 31 heavy (non-hydrogen) atoms. The maximum absolute atomic E-state index is 13.2. The SMILES string of the molecule is C=C(Br)CN(C(=O)CN(C)CC(C)C#N)c1ccc(Cl)cc1C(=O)c1ccccc1.Cl. The van der Waals surface area contributed by atoms with Crippen molar-refractivity contribution in [1.82, 2.24) is 4.90 Å². The van der Waals surface area contributed by atoms with Gasteiger partial charge in [-0.1, -0.05) is 64.4 Å².